The summed E-state index contributed by atoms with van der Waals surface area (Å²) < 4.78 is 7.51. The molecule has 0 radical (unpaired) electrons. The van der Waals surface area contributed by atoms with E-state index in [9.17, 15) is 4.79 Å². The van der Waals surface area contributed by atoms with E-state index in [-0.39, 0.29) is 11.9 Å². The van der Waals surface area contributed by atoms with Gasteiger partial charge in [0.25, 0.3) is 0 Å². The summed E-state index contributed by atoms with van der Waals surface area (Å²) >= 11 is 0. The van der Waals surface area contributed by atoms with Gasteiger partial charge in [0.05, 0.1) is 30.6 Å². The Morgan fingerprint density at radius 1 is 1.29 bits per heavy atom. The van der Waals surface area contributed by atoms with Crippen molar-refractivity contribution in [3.63, 3.8) is 0 Å². The highest BCUT2D eigenvalue weighted by Crippen LogP contribution is 2.24. The van der Waals surface area contributed by atoms with Crippen molar-refractivity contribution in [1.82, 2.24) is 19.2 Å². The molecule has 4 heterocycles. The van der Waals surface area contributed by atoms with Gasteiger partial charge in [0.2, 0.25) is 5.91 Å². The molecule has 2 aliphatic heterocycles. The van der Waals surface area contributed by atoms with Crippen molar-refractivity contribution >= 4 is 11.6 Å². The fourth-order valence-electron chi connectivity index (χ4n) is 3.84. The molecule has 2 saturated heterocycles. The number of nitrogens with zero attached hydrogens (tertiary/aromatic N) is 4. The lowest BCUT2D eigenvalue weighted by Gasteiger charge is -2.32. The van der Waals surface area contributed by atoms with Crippen LogP contribution < -0.4 is 0 Å². The van der Waals surface area contributed by atoms with E-state index >= 15 is 0 Å². The van der Waals surface area contributed by atoms with Crippen molar-refractivity contribution in [3.8, 4) is 0 Å². The highest BCUT2D eigenvalue weighted by molar-refractivity contribution is 5.82. The van der Waals surface area contributed by atoms with Crippen LogP contribution in [0.3, 0.4) is 0 Å². The second-order valence-corrected chi connectivity index (χ2v) is 6.64. The van der Waals surface area contributed by atoms with Crippen LogP contribution in [0, 0.1) is 6.92 Å². The number of hydrogen-bond acceptors (Lipinski definition) is 4. The van der Waals surface area contributed by atoms with Crippen LogP contribution in [0.5, 0.6) is 0 Å². The first kappa shape index (κ1) is 15.6. The van der Waals surface area contributed by atoms with E-state index in [4.69, 9.17) is 4.74 Å². The van der Waals surface area contributed by atoms with Crippen LogP contribution in [0.1, 0.15) is 24.2 Å². The van der Waals surface area contributed by atoms with E-state index in [1.165, 1.54) is 5.69 Å². The zero-order valence-corrected chi connectivity index (χ0v) is 14.1. The van der Waals surface area contributed by atoms with E-state index in [2.05, 4.69) is 27.4 Å². The van der Waals surface area contributed by atoms with Crippen LogP contribution in [0.15, 0.2) is 24.4 Å². The van der Waals surface area contributed by atoms with Crippen molar-refractivity contribution in [2.45, 2.75) is 32.4 Å². The van der Waals surface area contributed by atoms with Gasteiger partial charge in [-0.2, -0.15) is 0 Å². The molecule has 0 unspecified atom stereocenters. The van der Waals surface area contributed by atoms with Gasteiger partial charge in [-0.05, 0) is 38.4 Å². The summed E-state index contributed by atoms with van der Waals surface area (Å²) in [5, 5.41) is 0. The van der Waals surface area contributed by atoms with Crippen LogP contribution >= 0.6 is 0 Å². The zero-order chi connectivity index (χ0) is 16.5. The Kier molecular flexibility index (Phi) is 4.24. The predicted octanol–water partition coefficient (Wildman–Crippen LogP) is 1.47. The highest BCUT2D eigenvalue weighted by Gasteiger charge is 2.34. The van der Waals surface area contributed by atoms with Crippen LogP contribution in [0.25, 0.3) is 5.65 Å². The maximum absolute atomic E-state index is 12.9. The minimum absolute atomic E-state index is 0.00300. The third kappa shape index (κ3) is 2.80. The second kappa shape index (κ2) is 6.53. The number of likely N-dealkylation sites (tertiary alicyclic amines) is 1. The number of morpholine rings is 1. The number of aromatic nitrogens is 2. The standard InChI is InChI=1S/C18H24N4O2/c1-14-16(22-8-3-2-6-17(22)19-14)13-21-7-4-5-15(21)18(23)20-9-11-24-12-10-20/h2-3,6,8,15H,4-5,7,9-13H2,1H3/t15-/m0/s1. The molecule has 2 aromatic rings. The molecular formula is C18H24N4O2. The summed E-state index contributed by atoms with van der Waals surface area (Å²) in [5.74, 6) is 0.266. The summed E-state index contributed by atoms with van der Waals surface area (Å²) in [6, 6.07) is 6.05. The number of carbonyl (C=O) groups excluding carboxylic acids is 1. The van der Waals surface area contributed by atoms with Crippen LogP contribution in [0.2, 0.25) is 0 Å². The number of ether oxygens (including phenoxy) is 1. The van der Waals surface area contributed by atoms with Crippen LogP contribution in [-0.2, 0) is 16.1 Å². The number of carbonyl (C=O) groups is 1. The Morgan fingerprint density at radius 3 is 2.96 bits per heavy atom. The van der Waals surface area contributed by atoms with Crippen molar-refractivity contribution in [2.75, 3.05) is 32.8 Å². The normalized spacial score (nSPS) is 22.4. The molecule has 2 aromatic heterocycles. The maximum atomic E-state index is 12.9. The first-order chi connectivity index (χ1) is 11.7. The van der Waals surface area contributed by atoms with E-state index < -0.39 is 0 Å². The molecule has 0 bridgehead atoms. The number of amides is 1. The molecule has 6 heteroatoms. The minimum Gasteiger partial charge on any atom is -0.378 e. The highest BCUT2D eigenvalue weighted by atomic mass is 16.5. The van der Waals surface area contributed by atoms with Gasteiger partial charge < -0.3 is 14.0 Å². The Morgan fingerprint density at radius 2 is 2.12 bits per heavy atom. The van der Waals surface area contributed by atoms with Gasteiger partial charge in [-0.1, -0.05) is 6.07 Å². The Bertz CT molecular complexity index is 736. The number of imidazole rings is 1. The topological polar surface area (TPSA) is 50.1 Å². The molecule has 1 atom stereocenters. The van der Waals surface area contributed by atoms with Gasteiger partial charge in [-0.3, -0.25) is 9.69 Å². The fraction of sp³-hybridized carbons (Fsp3) is 0.556. The van der Waals surface area contributed by atoms with Crippen molar-refractivity contribution in [3.05, 3.63) is 35.8 Å². The van der Waals surface area contributed by atoms with E-state index in [0.29, 0.717) is 13.2 Å². The molecule has 2 fully saturated rings. The lowest BCUT2D eigenvalue weighted by atomic mass is 10.1. The first-order valence-electron chi connectivity index (χ1n) is 8.77. The molecule has 24 heavy (non-hydrogen) atoms. The number of aryl methyl sites for hydroxylation is 1. The summed E-state index contributed by atoms with van der Waals surface area (Å²) in [5.41, 5.74) is 3.21. The van der Waals surface area contributed by atoms with Gasteiger partial charge >= 0.3 is 0 Å². The lowest BCUT2D eigenvalue weighted by molar-refractivity contribution is -0.140. The molecule has 0 N–H and O–H groups in total. The molecule has 2 aliphatic rings. The Balaban J connectivity index is 1.54. The van der Waals surface area contributed by atoms with Gasteiger partial charge in [0.1, 0.15) is 5.65 Å². The zero-order valence-electron chi connectivity index (χ0n) is 14.1. The molecule has 4 rings (SSSR count). The number of hydrogen-bond donors (Lipinski definition) is 0. The smallest absolute Gasteiger partial charge is 0.240 e. The summed E-state index contributed by atoms with van der Waals surface area (Å²) in [7, 11) is 0. The average Bonchev–Trinajstić information content (AvgIpc) is 3.20. The second-order valence-electron chi connectivity index (χ2n) is 6.64. The van der Waals surface area contributed by atoms with Crippen LogP contribution in [0.4, 0.5) is 0 Å². The number of rotatable bonds is 3. The molecular weight excluding hydrogens is 304 g/mol. The maximum Gasteiger partial charge on any atom is 0.240 e. The Hall–Kier alpha value is -1.92. The first-order valence-corrected chi connectivity index (χ1v) is 8.77. The van der Waals surface area contributed by atoms with Gasteiger partial charge in [0, 0.05) is 25.8 Å². The quantitative estimate of drug-likeness (QED) is 0.856. The third-order valence-corrected chi connectivity index (χ3v) is 5.15. The third-order valence-electron chi connectivity index (χ3n) is 5.15. The Labute approximate surface area is 142 Å². The minimum atomic E-state index is -0.00300. The number of pyridine rings is 1. The van der Waals surface area contributed by atoms with E-state index in [0.717, 1.165) is 50.4 Å². The van der Waals surface area contributed by atoms with Gasteiger partial charge in [-0.15, -0.1) is 0 Å². The van der Waals surface area contributed by atoms with Crippen molar-refractivity contribution < 1.29 is 9.53 Å². The predicted molar refractivity (Wildman–Crippen MR) is 90.8 cm³/mol. The van der Waals surface area contributed by atoms with Crippen molar-refractivity contribution in [2.24, 2.45) is 0 Å². The molecule has 0 aromatic carbocycles. The van der Waals surface area contributed by atoms with Gasteiger partial charge in [-0.25, -0.2) is 4.98 Å². The summed E-state index contributed by atoms with van der Waals surface area (Å²) in [4.78, 5) is 21.8. The molecule has 0 aliphatic carbocycles. The SMILES string of the molecule is Cc1nc2ccccn2c1CN1CCC[C@H]1C(=O)N1CCOCC1. The largest absolute Gasteiger partial charge is 0.378 e. The van der Waals surface area contributed by atoms with E-state index in [1.54, 1.807) is 0 Å². The fourth-order valence-corrected chi connectivity index (χ4v) is 3.84. The lowest BCUT2D eigenvalue weighted by Crippen LogP contribution is -2.49. The van der Waals surface area contributed by atoms with E-state index in [1.807, 2.05) is 23.1 Å². The van der Waals surface area contributed by atoms with Crippen molar-refractivity contribution in [1.29, 1.82) is 0 Å². The summed E-state index contributed by atoms with van der Waals surface area (Å²) in [6.07, 6.45) is 4.09. The summed E-state index contributed by atoms with van der Waals surface area (Å²) in [6.45, 7) is 6.56. The average molecular weight is 328 g/mol. The molecule has 128 valence electrons. The monoisotopic (exact) mass is 328 g/mol. The molecule has 1 amide bonds. The molecule has 0 spiro atoms. The molecule has 6 nitrogen and oxygen atoms in total. The van der Waals surface area contributed by atoms with Gasteiger partial charge in [0.15, 0.2) is 0 Å². The van der Waals surface area contributed by atoms with Crippen LogP contribution in [-0.4, -0.2) is 64.0 Å². The molecule has 0 saturated carbocycles. The number of fused-ring (bicyclic) bond motifs is 1.